The molecule has 0 radical (unpaired) electrons. The Morgan fingerprint density at radius 2 is 1.61 bits per heavy atom. The van der Waals surface area contributed by atoms with Crippen molar-refractivity contribution < 1.29 is 9.21 Å². The quantitative estimate of drug-likeness (QED) is 0.362. The highest BCUT2D eigenvalue weighted by Crippen LogP contribution is 2.50. The Hall–Kier alpha value is -4.05. The number of fused-ring (bicyclic) bond motifs is 2. The first-order valence-corrected chi connectivity index (χ1v) is 11.2. The zero-order chi connectivity index (χ0) is 22.4. The number of nitrogens with zero attached hydrogens (tertiary/aromatic N) is 1. The van der Waals surface area contributed by atoms with E-state index >= 15 is 0 Å². The van der Waals surface area contributed by atoms with Gasteiger partial charge in [0, 0.05) is 29.2 Å². The molecule has 0 bridgehead atoms. The first-order chi connectivity index (χ1) is 16.2. The van der Waals surface area contributed by atoms with Gasteiger partial charge in [0.25, 0.3) is 0 Å². The van der Waals surface area contributed by atoms with Gasteiger partial charge in [-0.3, -0.25) is 4.79 Å². The first kappa shape index (κ1) is 19.6. The van der Waals surface area contributed by atoms with Crippen LogP contribution in [-0.2, 0) is 23.2 Å². The molecule has 6 rings (SSSR count). The number of carbonyl (C=O) groups is 1. The van der Waals surface area contributed by atoms with E-state index in [1.54, 1.807) is 0 Å². The van der Waals surface area contributed by atoms with Crippen molar-refractivity contribution in [3.63, 3.8) is 0 Å². The molecule has 5 aromatic rings. The minimum absolute atomic E-state index is 0.0753. The molecule has 1 aliphatic heterocycles. The smallest absolute Gasteiger partial charge is 0.243 e. The van der Waals surface area contributed by atoms with Gasteiger partial charge in [-0.1, -0.05) is 66.7 Å². The van der Waals surface area contributed by atoms with Crippen LogP contribution < -0.4 is 4.90 Å². The van der Waals surface area contributed by atoms with Crippen LogP contribution in [0, 0.1) is 6.92 Å². The normalized spacial score (nSPS) is 17.6. The summed E-state index contributed by atoms with van der Waals surface area (Å²) in [4.78, 5) is 19.8. The van der Waals surface area contributed by atoms with E-state index in [-0.39, 0.29) is 5.91 Å². The number of benzene rings is 3. The lowest BCUT2D eigenvalue weighted by Crippen LogP contribution is -2.42. The lowest BCUT2D eigenvalue weighted by atomic mass is 9.72. The van der Waals surface area contributed by atoms with Crippen LogP contribution in [0.3, 0.4) is 0 Å². The van der Waals surface area contributed by atoms with Gasteiger partial charge in [0.2, 0.25) is 5.91 Å². The van der Waals surface area contributed by atoms with Crippen molar-refractivity contribution in [2.75, 3.05) is 4.90 Å². The summed E-state index contributed by atoms with van der Waals surface area (Å²) in [5.41, 5.74) is 4.21. The van der Waals surface area contributed by atoms with Gasteiger partial charge >= 0.3 is 0 Å². The Bertz CT molecular complexity index is 1460. The van der Waals surface area contributed by atoms with E-state index in [0.29, 0.717) is 13.0 Å². The third kappa shape index (κ3) is 3.02. The van der Waals surface area contributed by atoms with Crippen LogP contribution in [0.4, 0.5) is 5.69 Å². The molecular formula is C29H24N2O2. The molecule has 1 N–H and O–H groups in total. The fourth-order valence-electron chi connectivity index (χ4n) is 5.24. The molecule has 1 aliphatic rings. The Labute approximate surface area is 192 Å². The van der Waals surface area contributed by atoms with Crippen molar-refractivity contribution in [2.24, 2.45) is 0 Å². The number of aryl methyl sites for hydroxylation is 1. The van der Waals surface area contributed by atoms with E-state index in [1.807, 2.05) is 72.6 Å². The Morgan fingerprint density at radius 1 is 0.848 bits per heavy atom. The first-order valence-electron chi connectivity index (χ1n) is 11.2. The highest BCUT2D eigenvalue weighted by atomic mass is 16.3. The topological polar surface area (TPSA) is 49.2 Å². The predicted octanol–water partition coefficient (Wildman–Crippen LogP) is 6.14. The lowest BCUT2D eigenvalue weighted by molar-refractivity contribution is -0.122. The summed E-state index contributed by atoms with van der Waals surface area (Å²) < 4.78 is 6.02. The fourth-order valence-corrected chi connectivity index (χ4v) is 5.24. The van der Waals surface area contributed by atoms with Crippen LogP contribution in [0.25, 0.3) is 10.9 Å². The number of hydrogen-bond donors (Lipinski definition) is 1. The number of aromatic nitrogens is 1. The molecule has 0 unspecified atom stereocenters. The lowest BCUT2D eigenvalue weighted by Gasteiger charge is -2.28. The highest BCUT2D eigenvalue weighted by molar-refractivity contribution is 6.12. The molecule has 4 nitrogen and oxygen atoms in total. The van der Waals surface area contributed by atoms with Gasteiger partial charge in [-0.25, -0.2) is 0 Å². The summed E-state index contributed by atoms with van der Waals surface area (Å²) in [6.07, 6.45) is 2.46. The molecule has 3 heterocycles. The van der Waals surface area contributed by atoms with Gasteiger partial charge in [0.05, 0.1) is 6.54 Å². The number of amides is 1. The van der Waals surface area contributed by atoms with Crippen molar-refractivity contribution in [2.45, 2.75) is 25.3 Å². The van der Waals surface area contributed by atoms with E-state index in [1.165, 1.54) is 0 Å². The standard InChI is InChI=1S/C29H24N2O2/c1-20-15-16-22(33-20)17-29(25-18-30-26-13-7-5-11-23(25)26)24-12-6-8-14-27(24)31(28(29)32)19-21-9-3-2-4-10-21/h2-16,18,30H,17,19H2,1H3/t29-/m0/s1. The Morgan fingerprint density at radius 3 is 2.42 bits per heavy atom. The fraction of sp³-hybridized carbons (Fsp3) is 0.138. The minimum atomic E-state index is -0.880. The number of para-hydroxylation sites is 2. The van der Waals surface area contributed by atoms with Gasteiger partial charge in [-0.15, -0.1) is 0 Å². The minimum Gasteiger partial charge on any atom is -0.466 e. The molecule has 0 fully saturated rings. The Balaban J connectivity index is 1.59. The van der Waals surface area contributed by atoms with Crippen molar-refractivity contribution in [3.8, 4) is 0 Å². The van der Waals surface area contributed by atoms with Crippen LogP contribution in [0.5, 0.6) is 0 Å². The average Bonchev–Trinajstić information content (AvgIpc) is 3.52. The average molecular weight is 433 g/mol. The molecule has 4 heteroatoms. The Kier molecular flexibility index (Phi) is 4.47. The molecule has 162 valence electrons. The summed E-state index contributed by atoms with van der Waals surface area (Å²) in [5.74, 6) is 1.73. The van der Waals surface area contributed by atoms with E-state index in [4.69, 9.17) is 4.42 Å². The SMILES string of the molecule is Cc1ccc(C[C@]2(c3c[nH]c4ccccc34)C(=O)N(Cc3ccccc3)c3ccccc32)o1. The number of H-pyrrole nitrogens is 1. The maximum Gasteiger partial charge on any atom is 0.243 e. The largest absolute Gasteiger partial charge is 0.466 e. The number of rotatable bonds is 5. The summed E-state index contributed by atoms with van der Waals surface area (Å²) in [7, 11) is 0. The molecule has 1 amide bonds. The molecule has 0 saturated heterocycles. The maximum absolute atomic E-state index is 14.5. The highest BCUT2D eigenvalue weighted by Gasteiger charge is 2.53. The second kappa shape index (κ2) is 7.52. The van der Waals surface area contributed by atoms with E-state index in [2.05, 4.69) is 41.4 Å². The third-order valence-corrected chi connectivity index (χ3v) is 6.73. The molecule has 1 atom stereocenters. The molecule has 3 aromatic carbocycles. The second-order valence-electron chi connectivity index (χ2n) is 8.74. The molecule has 0 spiro atoms. The van der Waals surface area contributed by atoms with E-state index < -0.39 is 5.41 Å². The van der Waals surface area contributed by atoms with Crippen LogP contribution in [0.2, 0.25) is 0 Å². The van der Waals surface area contributed by atoms with Crippen LogP contribution in [0.15, 0.2) is 102 Å². The number of nitrogens with one attached hydrogen (secondary N) is 1. The van der Waals surface area contributed by atoms with Crippen molar-refractivity contribution in [3.05, 3.63) is 125 Å². The van der Waals surface area contributed by atoms with Crippen LogP contribution in [-0.4, -0.2) is 10.9 Å². The monoisotopic (exact) mass is 432 g/mol. The summed E-state index contributed by atoms with van der Waals surface area (Å²) in [6, 6.07) is 30.5. The molecule has 33 heavy (non-hydrogen) atoms. The summed E-state index contributed by atoms with van der Waals surface area (Å²) in [5, 5.41) is 1.06. The van der Waals surface area contributed by atoms with Crippen molar-refractivity contribution in [1.29, 1.82) is 0 Å². The third-order valence-electron chi connectivity index (χ3n) is 6.73. The number of anilines is 1. The van der Waals surface area contributed by atoms with Gasteiger partial charge < -0.3 is 14.3 Å². The molecule has 0 saturated carbocycles. The van der Waals surface area contributed by atoms with E-state index in [9.17, 15) is 4.79 Å². The molecular weight excluding hydrogens is 408 g/mol. The van der Waals surface area contributed by atoms with Gasteiger partial charge in [0.1, 0.15) is 16.9 Å². The predicted molar refractivity (Wildman–Crippen MR) is 130 cm³/mol. The number of aromatic amines is 1. The number of carbonyl (C=O) groups excluding carboxylic acids is 1. The number of hydrogen-bond acceptors (Lipinski definition) is 2. The summed E-state index contributed by atoms with van der Waals surface area (Å²) >= 11 is 0. The second-order valence-corrected chi connectivity index (χ2v) is 8.74. The van der Waals surface area contributed by atoms with Crippen molar-refractivity contribution in [1.82, 2.24) is 4.98 Å². The van der Waals surface area contributed by atoms with Crippen molar-refractivity contribution >= 4 is 22.5 Å². The molecule has 0 aliphatic carbocycles. The maximum atomic E-state index is 14.5. The van der Waals surface area contributed by atoms with Gasteiger partial charge in [-0.05, 0) is 47.9 Å². The van der Waals surface area contributed by atoms with Crippen LogP contribution in [0.1, 0.15) is 28.2 Å². The zero-order valence-corrected chi connectivity index (χ0v) is 18.4. The van der Waals surface area contributed by atoms with Gasteiger partial charge in [-0.2, -0.15) is 0 Å². The van der Waals surface area contributed by atoms with Crippen LogP contribution >= 0.6 is 0 Å². The van der Waals surface area contributed by atoms with Gasteiger partial charge in [0.15, 0.2) is 0 Å². The number of furan rings is 1. The molecule has 2 aromatic heterocycles. The summed E-state index contributed by atoms with van der Waals surface area (Å²) in [6.45, 7) is 2.46. The zero-order valence-electron chi connectivity index (χ0n) is 18.4. The van der Waals surface area contributed by atoms with E-state index in [0.717, 1.165) is 44.8 Å².